The zero-order chi connectivity index (χ0) is 13.9. The number of halogens is 4. The average Bonchev–Trinajstić information content (AvgIpc) is 2.20. The SMILES string of the molecule is O=C(O)Cc1c(OC(F)(F)F)c[nH]c(=O)c1CBr. The van der Waals surface area contributed by atoms with E-state index in [9.17, 15) is 22.8 Å². The van der Waals surface area contributed by atoms with Crippen molar-refractivity contribution < 1.29 is 27.8 Å². The van der Waals surface area contributed by atoms with Crippen LogP contribution in [0.3, 0.4) is 0 Å². The molecule has 1 aromatic heterocycles. The quantitative estimate of drug-likeness (QED) is 0.825. The second-order valence-corrected chi connectivity index (χ2v) is 3.75. The first-order chi connectivity index (χ1) is 8.24. The smallest absolute Gasteiger partial charge is 0.481 e. The highest BCUT2D eigenvalue weighted by molar-refractivity contribution is 9.08. The van der Waals surface area contributed by atoms with Crippen LogP contribution in [0.2, 0.25) is 0 Å². The van der Waals surface area contributed by atoms with E-state index in [2.05, 4.69) is 25.7 Å². The highest BCUT2D eigenvalue weighted by Gasteiger charge is 2.33. The van der Waals surface area contributed by atoms with Gasteiger partial charge in [0.2, 0.25) is 0 Å². The Bertz CT molecular complexity index is 512. The standard InChI is InChI=1S/C9H7BrF3NO4/c10-2-5-4(1-7(15)16)6(3-14-8(5)17)18-9(11,12)13/h3H,1-2H2,(H,14,17)(H,15,16). The van der Waals surface area contributed by atoms with Crippen LogP contribution in [-0.2, 0) is 16.5 Å². The number of carboxylic acids is 1. The molecule has 0 saturated carbocycles. The van der Waals surface area contributed by atoms with Crippen LogP contribution in [0.4, 0.5) is 13.2 Å². The zero-order valence-corrected chi connectivity index (χ0v) is 10.3. The van der Waals surface area contributed by atoms with Gasteiger partial charge in [0.05, 0.1) is 6.42 Å². The molecular weight excluding hydrogens is 323 g/mol. The Kier molecular flexibility index (Phi) is 4.38. The Morgan fingerprint density at radius 3 is 2.50 bits per heavy atom. The first-order valence-electron chi connectivity index (χ1n) is 4.51. The second-order valence-electron chi connectivity index (χ2n) is 3.19. The van der Waals surface area contributed by atoms with Crippen molar-refractivity contribution in [1.29, 1.82) is 0 Å². The van der Waals surface area contributed by atoms with Gasteiger partial charge in [0.15, 0.2) is 0 Å². The summed E-state index contributed by atoms with van der Waals surface area (Å²) in [6.07, 6.45) is -5.01. The number of rotatable bonds is 4. The number of nitrogens with one attached hydrogen (secondary N) is 1. The Balaban J connectivity index is 3.32. The lowest BCUT2D eigenvalue weighted by molar-refractivity contribution is -0.275. The fourth-order valence-corrected chi connectivity index (χ4v) is 1.89. The number of aliphatic carboxylic acids is 1. The Morgan fingerprint density at radius 2 is 2.06 bits per heavy atom. The van der Waals surface area contributed by atoms with Gasteiger partial charge in [0.25, 0.3) is 5.56 Å². The molecular formula is C9H7BrF3NO4. The summed E-state index contributed by atoms with van der Waals surface area (Å²) in [6, 6.07) is 0. The zero-order valence-electron chi connectivity index (χ0n) is 8.68. The Hall–Kier alpha value is -1.51. The van der Waals surface area contributed by atoms with Gasteiger partial charge in [-0.2, -0.15) is 0 Å². The summed E-state index contributed by atoms with van der Waals surface area (Å²) in [5, 5.41) is 8.55. The third-order valence-electron chi connectivity index (χ3n) is 1.96. The van der Waals surface area contributed by atoms with E-state index < -0.39 is 30.1 Å². The highest BCUT2D eigenvalue weighted by atomic mass is 79.9. The van der Waals surface area contributed by atoms with E-state index in [1.54, 1.807) is 0 Å². The number of ether oxygens (including phenoxy) is 1. The van der Waals surface area contributed by atoms with Crippen LogP contribution >= 0.6 is 15.9 Å². The summed E-state index contributed by atoms with van der Waals surface area (Å²) < 4.78 is 40.0. The van der Waals surface area contributed by atoms with Crippen molar-refractivity contribution >= 4 is 21.9 Å². The second kappa shape index (κ2) is 5.42. The van der Waals surface area contributed by atoms with Gasteiger partial charge in [-0.1, -0.05) is 15.9 Å². The molecule has 0 amide bonds. The molecule has 0 spiro atoms. The molecule has 0 unspecified atom stereocenters. The third-order valence-corrected chi connectivity index (χ3v) is 2.52. The number of aromatic nitrogens is 1. The van der Waals surface area contributed by atoms with Crippen molar-refractivity contribution in [2.45, 2.75) is 18.1 Å². The number of hydrogen-bond donors (Lipinski definition) is 2. The van der Waals surface area contributed by atoms with Gasteiger partial charge in [-0.25, -0.2) is 0 Å². The molecule has 0 radical (unpaired) electrons. The fourth-order valence-electron chi connectivity index (χ4n) is 1.29. The molecule has 1 heterocycles. The van der Waals surface area contributed by atoms with E-state index in [1.165, 1.54) is 0 Å². The molecule has 100 valence electrons. The summed E-state index contributed by atoms with van der Waals surface area (Å²) in [7, 11) is 0. The molecule has 1 aromatic rings. The van der Waals surface area contributed by atoms with E-state index in [0.717, 1.165) is 0 Å². The maximum atomic E-state index is 12.1. The number of aromatic amines is 1. The molecule has 0 aliphatic heterocycles. The highest BCUT2D eigenvalue weighted by Crippen LogP contribution is 2.27. The topological polar surface area (TPSA) is 79.4 Å². The fraction of sp³-hybridized carbons (Fsp3) is 0.333. The normalized spacial score (nSPS) is 11.3. The number of pyridine rings is 1. The molecule has 18 heavy (non-hydrogen) atoms. The van der Waals surface area contributed by atoms with Crippen LogP contribution in [0.25, 0.3) is 0 Å². The van der Waals surface area contributed by atoms with Gasteiger partial charge in [-0.15, -0.1) is 13.2 Å². The van der Waals surface area contributed by atoms with Crippen LogP contribution in [0.5, 0.6) is 5.75 Å². The van der Waals surface area contributed by atoms with E-state index in [4.69, 9.17) is 5.11 Å². The summed E-state index contributed by atoms with van der Waals surface area (Å²) in [5.74, 6) is -2.09. The maximum Gasteiger partial charge on any atom is 0.573 e. The van der Waals surface area contributed by atoms with E-state index in [0.29, 0.717) is 6.20 Å². The molecule has 0 aliphatic carbocycles. The average molecular weight is 330 g/mol. The molecule has 0 aromatic carbocycles. The molecule has 0 saturated heterocycles. The van der Waals surface area contributed by atoms with Gasteiger partial charge in [-0.3, -0.25) is 9.59 Å². The Labute approximate surface area is 107 Å². The van der Waals surface area contributed by atoms with Gasteiger partial charge >= 0.3 is 12.3 Å². The monoisotopic (exact) mass is 329 g/mol. The molecule has 0 bridgehead atoms. The van der Waals surface area contributed by atoms with E-state index >= 15 is 0 Å². The van der Waals surface area contributed by atoms with Crippen LogP contribution in [0, 0.1) is 0 Å². The number of H-pyrrole nitrogens is 1. The van der Waals surface area contributed by atoms with Crippen molar-refractivity contribution in [3.05, 3.63) is 27.7 Å². The third kappa shape index (κ3) is 3.76. The number of carbonyl (C=O) groups is 1. The van der Waals surface area contributed by atoms with Crippen molar-refractivity contribution in [2.75, 3.05) is 0 Å². The van der Waals surface area contributed by atoms with Crippen LogP contribution < -0.4 is 10.3 Å². The first kappa shape index (κ1) is 14.6. The minimum Gasteiger partial charge on any atom is -0.481 e. The summed E-state index contributed by atoms with van der Waals surface area (Å²) in [5.41, 5.74) is -1.09. The molecule has 9 heteroatoms. The van der Waals surface area contributed by atoms with Gasteiger partial charge in [0, 0.05) is 22.7 Å². The van der Waals surface area contributed by atoms with Crippen LogP contribution in [0.15, 0.2) is 11.0 Å². The summed E-state index contributed by atoms with van der Waals surface area (Å²) >= 11 is 2.91. The lowest BCUT2D eigenvalue weighted by Gasteiger charge is -2.14. The maximum absolute atomic E-state index is 12.1. The number of alkyl halides is 4. The number of hydrogen-bond acceptors (Lipinski definition) is 3. The summed E-state index contributed by atoms with van der Waals surface area (Å²) in [6.45, 7) is 0. The molecule has 5 nitrogen and oxygen atoms in total. The minimum atomic E-state index is -4.96. The molecule has 2 N–H and O–H groups in total. The number of carboxylic acid groups (broad SMARTS) is 1. The van der Waals surface area contributed by atoms with Crippen molar-refractivity contribution in [3.63, 3.8) is 0 Å². The predicted molar refractivity (Wildman–Crippen MR) is 57.7 cm³/mol. The predicted octanol–water partition coefficient (Wildman–Crippen LogP) is 1.80. The van der Waals surface area contributed by atoms with E-state index in [1.807, 2.05) is 0 Å². The van der Waals surface area contributed by atoms with Crippen molar-refractivity contribution in [2.24, 2.45) is 0 Å². The van der Waals surface area contributed by atoms with E-state index in [-0.39, 0.29) is 16.5 Å². The summed E-state index contributed by atoms with van der Waals surface area (Å²) in [4.78, 5) is 24.0. The lowest BCUT2D eigenvalue weighted by Crippen LogP contribution is -2.23. The van der Waals surface area contributed by atoms with Gasteiger partial charge in [-0.05, 0) is 0 Å². The Morgan fingerprint density at radius 1 is 1.44 bits per heavy atom. The van der Waals surface area contributed by atoms with Crippen molar-refractivity contribution in [1.82, 2.24) is 4.98 Å². The minimum absolute atomic E-state index is 0.0833. The van der Waals surface area contributed by atoms with Crippen LogP contribution in [0.1, 0.15) is 11.1 Å². The molecule has 0 fully saturated rings. The molecule has 1 rings (SSSR count). The molecule has 0 atom stereocenters. The van der Waals surface area contributed by atoms with Crippen LogP contribution in [-0.4, -0.2) is 22.4 Å². The lowest BCUT2D eigenvalue weighted by atomic mass is 10.1. The van der Waals surface area contributed by atoms with Gasteiger partial charge in [0.1, 0.15) is 5.75 Å². The first-order valence-corrected chi connectivity index (χ1v) is 5.63. The largest absolute Gasteiger partial charge is 0.573 e. The van der Waals surface area contributed by atoms with Crippen molar-refractivity contribution in [3.8, 4) is 5.75 Å². The molecule has 0 aliphatic rings. The van der Waals surface area contributed by atoms with Gasteiger partial charge < -0.3 is 14.8 Å².